The molecule has 15 bridgehead atoms. The number of fused-ring (bicyclic) bond motifs is 6. The quantitative estimate of drug-likeness (QED) is 0.307. The van der Waals surface area contributed by atoms with E-state index in [2.05, 4.69) is 83.5 Å². The zero-order valence-electron chi connectivity index (χ0n) is 38.5. The average Bonchev–Trinajstić information content (AvgIpc) is 3.76. The number of esters is 2. The molecule has 7 nitrogen and oxygen atoms in total. The van der Waals surface area contributed by atoms with Crippen LogP contribution in [0.25, 0.3) is 0 Å². The Kier molecular flexibility index (Phi) is 8.85. The van der Waals surface area contributed by atoms with Crippen LogP contribution >= 0.6 is 0 Å². The molecule has 7 heteroatoms. The third kappa shape index (κ3) is 5.11. The molecule has 15 aliphatic rings. The van der Waals surface area contributed by atoms with Gasteiger partial charge in [0.1, 0.15) is 11.2 Å². The number of carbonyl (C=O) groups is 2. The van der Waals surface area contributed by atoms with E-state index >= 15 is 4.79 Å². The minimum absolute atomic E-state index is 0.0808. The first kappa shape index (κ1) is 39.9. The Bertz CT molecular complexity index is 2580. The Morgan fingerprint density at radius 1 is 0.923 bits per heavy atom. The number of allylic oxidation sites excluding steroid dienone is 5. The number of hydrogen-bond donors (Lipinski definition) is 1. The van der Waals surface area contributed by atoms with Crippen molar-refractivity contribution >= 4 is 11.9 Å². The van der Waals surface area contributed by atoms with E-state index in [4.69, 9.17) is 15.2 Å². The predicted molar refractivity (Wildman–Crippen MR) is 251 cm³/mol. The molecule has 0 amide bonds. The van der Waals surface area contributed by atoms with E-state index in [0.29, 0.717) is 48.2 Å². The van der Waals surface area contributed by atoms with Crippen LogP contribution in [0.4, 0.5) is 0 Å². The fourth-order valence-corrected chi connectivity index (χ4v) is 18.2. The Morgan fingerprint density at radius 2 is 1.78 bits per heavy atom. The van der Waals surface area contributed by atoms with Crippen molar-refractivity contribution in [2.75, 3.05) is 26.2 Å². The van der Waals surface area contributed by atoms with Gasteiger partial charge in [-0.25, -0.2) is 4.79 Å². The van der Waals surface area contributed by atoms with Gasteiger partial charge in [-0.3, -0.25) is 9.69 Å². The number of hydrogen-bond acceptors (Lipinski definition) is 7. The van der Waals surface area contributed by atoms with E-state index < -0.39 is 16.4 Å². The molecular weight excluding hydrogens is 803 g/mol. The number of piperidine rings is 2. The van der Waals surface area contributed by atoms with Crippen molar-refractivity contribution in [2.24, 2.45) is 58.0 Å². The molecule has 3 saturated heterocycles. The van der Waals surface area contributed by atoms with Gasteiger partial charge in [0, 0.05) is 48.8 Å². The molecule has 0 aromatic heterocycles. The van der Waals surface area contributed by atoms with Gasteiger partial charge in [-0.05, 0) is 154 Å². The summed E-state index contributed by atoms with van der Waals surface area (Å²) >= 11 is 0. The van der Waals surface area contributed by atoms with Crippen LogP contribution in [0.15, 0.2) is 101 Å². The smallest absolute Gasteiger partial charge is 0.339 e. The molecule has 12 atom stereocenters. The van der Waals surface area contributed by atoms with Crippen LogP contribution in [0.5, 0.6) is 0 Å². The largest absolute Gasteiger partial charge is 0.449 e. The monoisotopic (exact) mass is 870 g/mol. The zero-order valence-corrected chi connectivity index (χ0v) is 38.5. The van der Waals surface area contributed by atoms with Gasteiger partial charge in [0.25, 0.3) is 0 Å². The van der Waals surface area contributed by atoms with Crippen LogP contribution in [0.1, 0.15) is 129 Å². The molecule has 0 radical (unpaired) electrons. The van der Waals surface area contributed by atoms with Crippen LogP contribution < -0.4 is 5.73 Å². The highest BCUT2D eigenvalue weighted by molar-refractivity contribution is 6.00. The second kappa shape index (κ2) is 14.4. The lowest BCUT2D eigenvalue weighted by molar-refractivity contribution is -0.275. The number of aryl methyl sites for hydroxylation is 2. The predicted octanol–water partition coefficient (Wildman–Crippen LogP) is 10.1. The summed E-state index contributed by atoms with van der Waals surface area (Å²) in [5.41, 5.74) is 16.2. The van der Waals surface area contributed by atoms with E-state index in [1.165, 1.54) is 66.4 Å². The number of rotatable bonds is 4. The van der Waals surface area contributed by atoms with E-state index in [9.17, 15) is 4.79 Å². The Hall–Kier alpha value is -4.20. The van der Waals surface area contributed by atoms with E-state index in [1.54, 1.807) is 11.3 Å². The highest BCUT2D eigenvalue weighted by Gasteiger charge is 2.92. The summed E-state index contributed by atoms with van der Waals surface area (Å²) in [6.45, 7) is 6.50. The van der Waals surface area contributed by atoms with Crippen LogP contribution in [0, 0.1) is 52.3 Å². The lowest BCUT2D eigenvalue weighted by atomic mass is 9.29. The molecule has 3 spiro atoms. The van der Waals surface area contributed by atoms with Gasteiger partial charge in [0.05, 0.1) is 17.0 Å². The molecule has 338 valence electrons. The average molecular weight is 870 g/mol. The van der Waals surface area contributed by atoms with Crippen molar-refractivity contribution in [1.29, 1.82) is 0 Å². The van der Waals surface area contributed by atoms with Gasteiger partial charge in [-0.1, -0.05) is 104 Å². The van der Waals surface area contributed by atoms with Crippen molar-refractivity contribution < 1.29 is 19.1 Å². The number of nitrogens with zero attached hydrogens (tertiary/aromatic N) is 2. The van der Waals surface area contributed by atoms with Crippen molar-refractivity contribution in [3.05, 3.63) is 128 Å². The first-order valence-corrected chi connectivity index (χ1v) is 26.3. The van der Waals surface area contributed by atoms with Gasteiger partial charge in [-0.2, -0.15) is 0 Å². The van der Waals surface area contributed by atoms with Crippen LogP contribution in [0.2, 0.25) is 0 Å². The Balaban J connectivity index is 1.06. The standard InChI is InChI=1S/C58H67N3O4/c1-34-26-40-19-20-47-42-29-37-31-60(33-42)46(38-13-3-2-4-14-38)21-22-49-56-24-23-43-45-30-41(50(34)52(43)53(40)61(47)32-37)28-36-12-7-11-35(27-36)10-5-6-18-48(57(45,56)55(63)64-49)58(56)44-17-8-15-39(16-9-25-59)51(44)54(62)65-58/h7-8,11-12,15,17,19-20,22,27,30,34,37-38,42,46-48,50,52H,2-6,9-10,13-14,16,18,21,23-26,28-29,31-33,59H2,1H3. The van der Waals surface area contributed by atoms with E-state index in [-0.39, 0.29) is 23.8 Å². The van der Waals surface area contributed by atoms with Gasteiger partial charge < -0.3 is 20.1 Å². The Morgan fingerprint density at radius 3 is 2.68 bits per heavy atom. The zero-order chi connectivity index (χ0) is 43.4. The van der Waals surface area contributed by atoms with E-state index in [1.807, 2.05) is 0 Å². The molecule has 9 aliphatic heterocycles. The summed E-state index contributed by atoms with van der Waals surface area (Å²) in [5, 5.41) is 0. The van der Waals surface area contributed by atoms with Crippen LogP contribution in [0.3, 0.4) is 0 Å². The fraction of sp³-hybridized carbons (Fsp3) is 0.586. The minimum Gasteiger partial charge on any atom is -0.449 e. The number of ether oxygens (including phenoxy) is 2. The topological polar surface area (TPSA) is 85.1 Å². The SMILES string of the molecule is CC1CC2=C3C4C5=C6C=C(Cc7cccc(c7)CCCCC7C68C(=O)OC(=CCC(C6CCCCC6)N6CC9CC(C6)C(C=C2)N3C9)C8(CC5)C72OC(=O)c3c(CCCN)cccc32)C14. The second-order valence-electron chi connectivity index (χ2n) is 23.1. The first-order valence-electron chi connectivity index (χ1n) is 26.3. The van der Waals surface area contributed by atoms with Crippen LogP contribution in [-0.4, -0.2) is 60.0 Å². The maximum Gasteiger partial charge on any atom is 0.339 e. The molecule has 2 N–H and O–H groups in total. The molecule has 2 aromatic carbocycles. The minimum atomic E-state index is -1.00. The van der Waals surface area contributed by atoms with Crippen molar-refractivity contribution in [1.82, 2.24) is 9.80 Å². The van der Waals surface area contributed by atoms with Gasteiger partial charge in [0.2, 0.25) is 0 Å². The summed E-state index contributed by atoms with van der Waals surface area (Å²) < 4.78 is 14.5. The lowest BCUT2D eigenvalue weighted by Crippen LogP contribution is -2.77. The molecule has 5 fully saturated rings. The molecule has 2 aromatic rings. The summed E-state index contributed by atoms with van der Waals surface area (Å²) in [4.78, 5) is 37.0. The summed E-state index contributed by atoms with van der Waals surface area (Å²) in [6.07, 6.45) is 27.8. The lowest BCUT2D eigenvalue weighted by Gasteiger charge is -2.71. The molecule has 2 saturated carbocycles. The molecule has 12 unspecified atom stereocenters. The van der Waals surface area contributed by atoms with Gasteiger partial charge in [-0.15, -0.1) is 0 Å². The number of carbonyl (C=O) groups excluding carboxylic acids is 2. The second-order valence-corrected chi connectivity index (χ2v) is 23.1. The van der Waals surface area contributed by atoms with Gasteiger partial charge >= 0.3 is 11.9 Å². The number of nitrogens with two attached hydrogens (primary N) is 1. The third-order valence-electron chi connectivity index (χ3n) is 20.3. The summed E-state index contributed by atoms with van der Waals surface area (Å²) in [7, 11) is 0. The van der Waals surface area contributed by atoms with E-state index in [0.717, 1.165) is 113 Å². The highest BCUT2D eigenvalue weighted by atomic mass is 16.6. The summed E-state index contributed by atoms with van der Waals surface area (Å²) in [6, 6.07) is 16.7. The molecule has 9 heterocycles. The normalized spacial score (nSPS) is 40.7. The molecule has 6 aliphatic carbocycles. The van der Waals surface area contributed by atoms with Crippen LogP contribution in [-0.2, 0) is 39.1 Å². The highest BCUT2D eigenvalue weighted by Crippen LogP contribution is 2.87. The molecule has 65 heavy (non-hydrogen) atoms. The van der Waals surface area contributed by atoms with Crippen molar-refractivity contribution in [3.63, 3.8) is 0 Å². The molecular formula is C58H67N3O4. The third-order valence-corrected chi connectivity index (χ3v) is 20.3. The summed E-state index contributed by atoms with van der Waals surface area (Å²) in [5.74, 6) is 3.16. The van der Waals surface area contributed by atoms with Crippen molar-refractivity contribution in [3.8, 4) is 0 Å². The van der Waals surface area contributed by atoms with Gasteiger partial charge in [0.15, 0.2) is 5.60 Å². The maximum atomic E-state index is 16.2. The van der Waals surface area contributed by atoms with Crippen molar-refractivity contribution in [2.45, 2.75) is 134 Å². The first-order chi connectivity index (χ1) is 31.9. The molecule has 17 rings (SSSR count). The Labute approximate surface area is 385 Å². The number of benzene rings is 2. The maximum absolute atomic E-state index is 16.2. The fourth-order valence-electron chi connectivity index (χ4n) is 18.2.